The minimum Gasteiger partial charge on any atom is -0.347 e. The standard InChI is InChI=1S/C33H44N6O7/c40-26(30(43)36-23-15-16-23)18-34-29(42)25-17-21-11-7-8-14-24(21)39(25)27(41)19-35-31(44)28(20-9-3-1-4-10-20)38-33(46)32(45)37-22-12-5-2-6-13-22/h2,5-6,12-13,20-21,23-25,28H,1,3-4,7-11,14-19H2,(H,34,42)(H,35,44)(H,36,43)(H,37,45)(H,38,46)/t21?,24?,25-,28-/m0/s1. The van der Waals surface area contributed by atoms with Crippen LogP contribution in [0.15, 0.2) is 30.3 Å². The van der Waals surface area contributed by atoms with Crippen LogP contribution in [-0.2, 0) is 33.6 Å². The first-order valence-corrected chi connectivity index (χ1v) is 16.6. The average molecular weight is 637 g/mol. The molecule has 1 saturated heterocycles. The monoisotopic (exact) mass is 636 g/mol. The lowest BCUT2D eigenvalue weighted by Crippen LogP contribution is -2.56. The number of fused-ring (bicyclic) bond motifs is 1. The molecule has 248 valence electrons. The van der Waals surface area contributed by atoms with Crippen molar-refractivity contribution in [1.82, 2.24) is 26.2 Å². The molecule has 1 heterocycles. The van der Waals surface area contributed by atoms with Gasteiger partial charge in [-0.1, -0.05) is 50.3 Å². The number of nitrogens with zero attached hydrogens (tertiary/aromatic N) is 1. The zero-order valence-electron chi connectivity index (χ0n) is 26.1. The van der Waals surface area contributed by atoms with Crippen molar-refractivity contribution in [2.75, 3.05) is 18.4 Å². The smallest absolute Gasteiger partial charge is 0.313 e. The first kappa shape index (κ1) is 33.1. The third kappa shape index (κ3) is 8.49. The van der Waals surface area contributed by atoms with Crippen molar-refractivity contribution in [3.8, 4) is 0 Å². The average Bonchev–Trinajstić information content (AvgIpc) is 3.81. The fraction of sp³-hybridized carbons (Fsp3) is 0.606. The van der Waals surface area contributed by atoms with E-state index in [2.05, 4.69) is 26.6 Å². The second kappa shape index (κ2) is 15.3. The van der Waals surface area contributed by atoms with E-state index in [-0.39, 0.29) is 30.5 Å². The van der Waals surface area contributed by atoms with Gasteiger partial charge in [0.05, 0.1) is 13.1 Å². The highest BCUT2D eigenvalue weighted by molar-refractivity contribution is 6.40. The molecular weight excluding hydrogens is 592 g/mol. The van der Waals surface area contributed by atoms with E-state index in [1.807, 2.05) is 0 Å². The predicted octanol–water partition coefficient (Wildman–Crippen LogP) is 0.930. The Morgan fingerprint density at radius 1 is 0.739 bits per heavy atom. The Hall–Kier alpha value is -4.29. The Morgan fingerprint density at radius 3 is 2.15 bits per heavy atom. The molecule has 0 radical (unpaired) electrons. The zero-order valence-corrected chi connectivity index (χ0v) is 26.1. The second-order valence-corrected chi connectivity index (χ2v) is 12.9. The summed E-state index contributed by atoms with van der Waals surface area (Å²) < 4.78 is 0. The molecule has 3 aliphatic carbocycles. The van der Waals surface area contributed by atoms with Crippen molar-refractivity contribution in [2.24, 2.45) is 11.8 Å². The van der Waals surface area contributed by atoms with Gasteiger partial charge < -0.3 is 31.5 Å². The molecule has 1 aromatic carbocycles. The molecule has 1 aromatic rings. The molecule has 2 unspecified atom stereocenters. The third-order valence-electron chi connectivity index (χ3n) is 9.61. The van der Waals surface area contributed by atoms with Crippen LogP contribution in [0.4, 0.5) is 5.69 Å². The molecule has 0 spiro atoms. The number of benzene rings is 1. The molecule has 5 rings (SSSR count). The highest BCUT2D eigenvalue weighted by atomic mass is 16.2. The predicted molar refractivity (Wildman–Crippen MR) is 167 cm³/mol. The lowest BCUT2D eigenvalue weighted by Gasteiger charge is -2.34. The van der Waals surface area contributed by atoms with E-state index in [4.69, 9.17) is 0 Å². The maximum Gasteiger partial charge on any atom is 0.313 e. The first-order chi connectivity index (χ1) is 22.2. The quantitative estimate of drug-likeness (QED) is 0.224. The van der Waals surface area contributed by atoms with Crippen LogP contribution in [0.3, 0.4) is 0 Å². The Labute approximate surface area is 268 Å². The maximum absolute atomic E-state index is 13.7. The molecule has 1 aliphatic heterocycles. The lowest BCUT2D eigenvalue weighted by atomic mass is 9.83. The highest BCUT2D eigenvalue weighted by Crippen LogP contribution is 2.40. The number of para-hydroxylation sites is 1. The molecule has 5 N–H and O–H groups in total. The molecular formula is C33H44N6O7. The Balaban J connectivity index is 1.20. The van der Waals surface area contributed by atoms with Crippen molar-refractivity contribution in [2.45, 2.75) is 101 Å². The van der Waals surface area contributed by atoms with Crippen LogP contribution in [0, 0.1) is 11.8 Å². The number of hydrogen-bond acceptors (Lipinski definition) is 7. The van der Waals surface area contributed by atoms with Crippen LogP contribution in [0.25, 0.3) is 0 Å². The summed E-state index contributed by atoms with van der Waals surface area (Å²) >= 11 is 0. The fourth-order valence-electron chi connectivity index (χ4n) is 7.06. The van der Waals surface area contributed by atoms with Crippen molar-refractivity contribution in [3.63, 3.8) is 0 Å². The molecule has 4 aliphatic rings. The molecule has 13 nitrogen and oxygen atoms in total. The van der Waals surface area contributed by atoms with E-state index >= 15 is 0 Å². The van der Waals surface area contributed by atoms with E-state index in [0.717, 1.165) is 57.8 Å². The van der Waals surface area contributed by atoms with Crippen molar-refractivity contribution >= 4 is 46.9 Å². The van der Waals surface area contributed by atoms with E-state index in [0.29, 0.717) is 24.9 Å². The molecule has 6 amide bonds. The van der Waals surface area contributed by atoms with Crippen molar-refractivity contribution < 1.29 is 33.6 Å². The number of hydrogen-bond donors (Lipinski definition) is 5. The summed E-state index contributed by atoms with van der Waals surface area (Å²) in [5.74, 6) is -4.88. The number of Topliss-reactive ketones (excluding diaryl/α,β-unsaturated/α-hetero) is 1. The van der Waals surface area contributed by atoms with E-state index in [9.17, 15) is 33.6 Å². The van der Waals surface area contributed by atoms with E-state index < -0.39 is 59.9 Å². The van der Waals surface area contributed by atoms with Gasteiger partial charge in [0, 0.05) is 17.8 Å². The SMILES string of the molecule is O=C(CNC(=O)[C@@H]1CC2CCCCC2N1C(=O)CNC(=O)[C@@H](NC(=O)C(=O)Nc1ccccc1)C1CCCCC1)C(=O)NC1CC1. The largest absolute Gasteiger partial charge is 0.347 e. The number of carbonyl (C=O) groups is 7. The summed E-state index contributed by atoms with van der Waals surface area (Å²) in [6, 6.07) is 6.54. The van der Waals surface area contributed by atoms with Gasteiger partial charge in [0.15, 0.2) is 0 Å². The summed E-state index contributed by atoms with van der Waals surface area (Å²) in [4.78, 5) is 91.8. The summed E-state index contributed by atoms with van der Waals surface area (Å²) in [5.41, 5.74) is 0.447. The highest BCUT2D eigenvalue weighted by Gasteiger charge is 2.47. The molecule has 46 heavy (non-hydrogen) atoms. The summed E-state index contributed by atoms with van der Waals surface area (Å²) in [6.45, 7) is -0.841. The van der Waals surface area contributed by atoms with Crippen molar-refractivity contribution in [3.05, 3.63) is 30.3 Å². The molecule has 4 fully saturated rings. The van der Waals surface area contributed by atoms with Crippen LogP contribution in [0.5, 0.6) is 0 Å². The van der Waals surface area contributed by atoms with E-state index in [1.54, 1.807) is 30.3 Å². The zero-order chi connectivity index (χ0) is 32.6. The van der Waals surface area contributed by atoms with Gasteiger partial charge in [0.1, 0.15) is 12.1 Å². The Kier molecular flexibility index (Phi) is 11.0. The minimum absolute atomic E-state index is 0.0194. The van der Waals surface area contributed by atoms with Gasteiger partial charge in [0.2, 0.25) is 23.5 Å². The number of amides is 6. The number of rotatable bonds is 11. The van der Waals surface area contributed by atoms with Gasteiger partial charge in [-0.05, 0) is 68.9 Å². The number of anilines is 1. The number of ketones is 1. The first-order valence-electron chi connectivity index (χ1n) is 16.6. The van der Waals surface area contributed by atoms with Gasteiger partial charge in [-0.15, -0.1) is 0 Å². The molecule has 3 saturated carbocycles. The maximum atomic E-state index is 13.7. The summed E-state index contributed by atoms with van der Waals surface area (Å²) in [7, 11) is 0. The molecule has 4 atom stereocenters. The minimum atomic E-state index is -1.00. The van der Waals surface area contributed by atoms with Crippen LogP contribution < -0.4 is 26.6 Å². The van der Waals surface area contributed by atoms with Gasteiger partial charge in [-0.2, -0.15) is 0 Å². The normalized spacial score (nSPS) is 23.3. The van der Waals surface area contributed by atoms with Gasteiger partial charge in [-0.25, -0.2) is 0 Å². The number of likely N-dealkylation sites (tertiary alicyclic amines) is 1. The number of carbonyl (C=O) groups excluding carboxylic acids is 7. The van der Waals surface area contributed by atoms with Crippen LogP contribution in [0.2, 0.25) is 0 Å². The second-order valence-electron chi connectivity index (χ2n) is 12.9. The molecule has 13 heteroatoms. The van der Waals surface area contributed by atoms with Gasteiger partial charge >= 0.3 is 11.8 Å². The topological polar surface area (TPSA) is 183 Å². The molecule has 0 bridgehead atoms. The van der Waals surface area contributed by atoms with E-state index in [1.165, 1.54) is 4.90 Å². The van der Waals surface area contributed by atoms with Gasteiger partial charge in [0.25, 0.3) is 5.91 Å². The third-order valence-corrected chi connectivity index (χ3v) is 9.61. The number of nitrogens with one attached hydrogen (secondary N) is 5. The lowest BCUT2D eigenvalue weighted by molar-refractivity contribution is -0.142. The van der Waals surface area contributed by atoms with Crippen molar-refractivity contribution in [1.29, 1.82) is 0 Å². The summed E-state index contributed by atoms with van der Waals surface area (Å²) in [5, 5.41) is 13.0. The van der Waals surface area contributed by atoms with Crippen LogP contribution in [0.1, 0.15) is 77.0 Å². The Morgan fingerprint density at radius 2 is 1.43 bits per heavy atom. The Bertz CT molecular complexity index is 1330. The van der Waals surface area contributed by atoms with Crippen LogP contribution >= 0.6 is 0 Å². The van der Waals surface area contributed by atoms with Gasteiger partial charge in [-0.3, -0.25) is 33.6 Å². The molecule has 0 aromatic heterocycles. The fourth-order valence-corrected chi connectivity index (χ4v) is 7.06. The van der Waals surface area contributed by atoms with Crippen LogP contribution in [-0.4, -0.2) is 83.4 Å². The summed E-state index contributed by atoms with van der Waals surface area (Å²) in [6.07, 6.45) is 9.80.